The lowest BCUT2D eigenvalue weighted by molar-refractivity contribution is 0.628. The molecule has 0 unspecified atom stereocenters. The molecule has 31 heavy (non-hydrogen) atoms. The molecule has 2 aromatic heterocycles. The van der Waals surface area contributed by atoms with Crippen LogP contribution in [0.3, 0.4) is 0 Å². The van der Waals surface area contributed by atoms with Crippen molar-refractivity contribution in [2.75, 3.05) is 10.6 Å². The SMILES string of the molecule is CC[C@@H](Nc1cc2c(Nc3ccc(F)c(Cl)c3)c(C#N)cnc2cn1)c1ccccc1. The van der Waals surface area contributed by atoms with Crippen molar-refractivity contribution < 1.29 is 4.39 Å². The number of benzene rings is 2. The summed E-state index contributed by atoms with van der Waals surface area (Å²) in [6.07, 6.45) is 4.03. The number of anilines is 3. The third-order valence-corrected chi connectivity index (χ3v) is 5.29. The molecule has 154 valence electrons. The molecule has 0 radical (unpaired) electrons. The van der Waals surface area contributed by atoms with Gasteiger partial charge in [0, 0.05) is 17.3 Å². The standard InChI is InChI=1S/C24H19ClFN5/c1-2-21(15-6-4-3-5-7-15)31-23-11-18-22(14-29-23)28-13-16(12-27)24(18)30-17-8-9-20(26)19(25)10-17/h3-11,13-14,21H,2H2,1H3,(H,28,30)(H,29,31)/t21-/m1/s1. The molecule has 0 amide bonds. The Morgan fingerprint density at radius 3 is 2.61 bits per heavy atom. The largest absolute Gasteiger partial charge is 0.363 e. The van der Waals surface area contributed by atoms with Crippen molar-refractivity contribution in [3.05, 3.63) is 89.0 Å². The average molecular weight is 432 g/mol. The molecule has 1 atom stereocenters. The number of nitrogens with one attached hydrogen (secondary N) is 2. The molecular weight excluding hydrogens is 413 g/mol. The summed E-state index contributed by atoms with van der Waals surface area (Å²) in [5.74, 6) is 0.162. The summed E-state index contributed by atoms with van der Waals surface area (Å²) in [7, 11) is 0. The highest BCUT2D eigenvalue weighted by molar-refractivity contribution is 6.31. The molecule has 0 spiro atoms. The molecule has 2 aromatic carbocycles. The predicted molar refractivity (Wildman–Crippen MR) is 122 cm³/mol. The number of aromatic nitrogens is 2. The maximum absolute atomic E-state index is 13.5. The van der Waals surface area contributed by atoms with Crippen LogP contribution < -0.4 is 10.6 Å². The van der Waals surface area contributed by atoms with Gasteiger partial charge in [0.2, 0.25) is 0 Å². The van der Waals surface area contributed by atoms with E-state index in [1.807, 2.05) is 24.3 Å². The van der Waals surface area contributed by atoms with Gasteiger partial charge < -0.3 is 10.6 Å². The topological polar surface area (TPSA) is 73.6 Å². The number of halogens is 2. The Hall–Kier alpha value is -3.69. The van der Waals surface area contributed by atoms with E-state index in [0.717, 1.165) is 17.4 Å². The van der Waals surface area contributed by atoms with Gasteiger partial charge in [-0.1, -0.05) is 48.9 Å². The maximum Gasteiger partial charge on any atom is 0.141 e. The van der Waals surface area contributed by atoms with E-state index in [1.54, 1.807) is 12.3 Å². The summed E-state index contributed by atoms with van der Waals surface area (Å²) >= 11 is 5.92. The van der Waals surface area contributed by atoms with E-state index in [4.69, 9.17) is 11.6 Å². The van der Waals surface area contributed by atoms with Gasteiger partial charge in [-0.05, 0) is 36.2 Å². The molecule has 0 bridgehead atoms. The number of hydrogen-bond donors (Lipinski definition) is 2. The lowest BCUT2D eigenvalue weighted by Gasteiger charge is -2.19. The fourth-order valence-electron chi connectivity index (χ4n) is 3.40. The number of rotatable bonds is 6. The quantitative estimate of drug-likeness (QED) is 0.359. The first-order chi connectivity index (χ1) is 15.1. The van der Waals surface area contributed by atoms with Crippen molar-refractivity contribution in [1.29, 1.82) is 5.26 Å². The minimum atomic E-state index is -0.505. The van der Waals surface area contributed by atoms with Crippen LogP contribution in [0.25, 0.3) is 10.9 Å². The Balaban J connectivity index is 1.74. The third kappa shape index (κ3) is 4.42. The zero-order chi connectivity index (χ0) is 21.8. The van der Waals surface area contributed by atoms with Crippen molar-refractivity contribution >= 4 is 39.7 Å². The minimum absolute atomic E-state index is 0.000426. The summed E-state index contributed by atoms with van der Waals surface area (Å²) in [4.78, 5) is 8.84. The van der Waals surface area contributed by atoms with E-state index in [0.29, 0.717) is 28.3 Å². The molecule has 2 heterocycles. The van der Waals surface area contributed by atoms with E-state index in [2.05, 4.69) is 45.7 Å². The van der Waals surface area contributed by atoms with Crippen LogP contribution in [0.5, 0.6) is 0 Å². The average Bonchev–Trinajstić information content (AvgIpc) is 2.80. The zero-order valence-corrected chi connectivity index (χ0v) is 17.5. The van der Waals surface area contributed by atoms with Gasteiger partial charge in [-0.2, -0.15) is 5.26 Å². The molecule has 0 fully saturated rings. The molecule has 0 aliphatic heterocycles. The fraction of sp³-hybridized carbons (Fsp3) is 0.125. The van der Waals surface area contributed by atoms with Crippen LogP contribution in [-0.2, 0) is 0 Å². The highest BCUT2D eigenvalue weighted by Gasteiger charge is 2.14. The van der Waals surface area contributed by atoms with Crippen LogP contribution in [0.4, 0.5) is 21.6 Å². The second-order valence-corrected chi connectivity index (χ2v) is 7.42. The first-order valence-electron chi connectivity index (χ1n) is 9.81. The molecule has 5 nitrogen and oxygen atoms in total. The molecule has 0 saturated heterocycles. The van der Waals surface area contributed by atoms with Gasteiger partial charge in [0.25, 0.3) is 0 Å². The summed E-state index contributed by atoms with van der Waals surface area (Å²) < 4.78 is 13.5. The second kappa shape index (κ2) is 8.99. The van der Waals surface area contributed by atoms with Crippen molar-refractivity contribution in [3.8, 4) is 6.07 Å². The summed E-state index contributed by atoms with van der Waals surface area (Å²) in [5, 5.41) is 17.0. The molecule has 4 aromatic rings. The van der Waals surface area contributed by atoms with Gasteiger partial charge in [0.1, 0.15) is 17.7 Å². The second-order valence-electron chi connectivity index (χ2n) is 7.02. The number of hydrogen-bond acceptors (Lipinski definition) is 5. The summed E-state index contributed by atoms with van der Waals surface area (Å²) in [5.41, 5.74) is 3.29. The lowest BCUT2D eigenvalue weighted by atomic mass is 10.0. The Morgan fingerprint density at radius 1 is 1.10 bits per heavy atom. The Bertz CT molecular complexity index is 1270. The summed E-state index contributed by atoms with van der Waals surface area (Å²) in [6.45, 7) is 2.10. The Labute approximate surface area is 184 Å². The van der Waals surface area contributed by atoms with Gasteiger partial charge in [0.15, 0.2) is 0 Å². The number of pyridine rings is 2. The molecule has 7 heteroatoms. The van der Waals surface area contributed by atoms with Crippen LogP contribution in [0.15, 0.2) is 67.0 Å². The van der Waals surface area contributed by atoms with Crippen molar-refractivity contribution in [2.24, 2.45) is 0 Å². The predicted octanol–water partition coefficient (Wildman–Crippen LogP) is 6.60. The Kier molecular flexibility index (Phi) is 5.96. The van der Waals surface area contributed by atoms with Crippen LogP contribution >= 0.6 is 11.6 Å². The van der Waals surface area contributed by atoms with E-state index < -0.39 is 5.82 Å². The van der Waals surface area contributed by atoms with Gasteiger partial charge in [-0.15, -0.1) is 0 Å². The molecule has 2 N–H and O–H groups in total. The minimum Gasteiger partial charge on any atom is -0.363 e. The highest BCUT2D eigenvalue weighted by Crippen LogP contribution is 2.32. The zero-order valence-electron chi connectivity index (χ0n) is 16.7. The lowest BCUT2D eigenvalue weighted by Crippen LogP contribution is -2.10. The van der Waals surface area contributed by atoms with Crippen molar-refractivity contribution in [2.45, 2.75) is 19.4 Å². The first kappa shape index (κ1) is 20.6. The van der Waals surface area contributed by atoms with E-state index in [1.165, 1.54) is 18.3 Å². The normalized spacial score (nSPS) is 11.7. The van der Waals surface area contributed by atoms with Gasteiger partial charge in [0.05, 0.1) is 34.0 Å². The maximum atomic E-state index is 13.5. The van der Waals surface area contributed by atoms with Crippen molar-refractivity contribution in [3.63, 3.8) is 0 Å². The molecular formula is C24H19ClFN5. The van der Waals surface area contributed by atoms with Crippen LogP contribution in [0.1, 0.15) is 30.5 Å². The van der Waals surface area contributed by atoms with Crippen LogP contribution in [0.2, 0.25) is 5.02 Å². The first-order valence-corrected chi connectivity index (χ1v) is 10.2. The monoisotopic (exact) mass is 431 g/mol. The Morgan fingerprint density at radius 2 is 1.90 bits per heavy atom. The van der Waals surface area contributed by atoms with Gasteiger partial charge in [-0.25, -0.2) is 9.37 Å². The van der Waals surface area contributed by atoms with E-state index in [-0.39, 0.29) is 11.1 Å². The molecule has 0 saturated carbocycles. The molecule has 0 aliphatic carbocycles. The third-order valence-electron chi connectivity index (χ3n) is 5.00. The highest BCUT2D eigenvalue weighted by atomic mass is 35.5. The number of nitrogens with zero attached hydrogens (tertiary/aromatic N) is 3. The van der Waals surface area contributed by atoms with E-state index >= 15 is 0 Å². The van der Waals surface area contributed by atoms with Crippen LogP contribution in [0, 0.1) is 17.1 Å². The number of nitriles is 1. The summed E-state index contributed by atoms with van der Waals surface area (Å²) in [6, 6.07) is 18.6. The van der Waals surface area contributed by atoms with Crippen LogP contribution in [-0.4, -0.2) is 9.97 Å². The molecule has 4 rings (SSSR count). The van der Waals surface area contributed by atoms with Crippen molar-refractivity contribution in [1.82, 2.24) is 9.97 Å². The van der Waals surface area contributed by atoms with Gasteiger partial charge >= 0.3 is 0 Å². The molecule has 0 aliphatic rings. The van der Waals surface area contributed by atoms with E-state index in [9.17, 15) is 9.65 Å². The number of fused-ring (bicyclic) bond motifs is 1. The smallest absolute Gasteiger partial charge is 0.141 e. The fourth-order valence-corrected chi connectivity index (χ4v) is 3.58. The van der Waals surface area contributed by atoms with Gasteiger partial charge in [-0.3, -0.25) is 4.98 Å².